The lowest BCUT2D eigenvalue weighted by molar-refractivity contribution is -0.141. The molecule has 2 heterocycles. The Hall–Kier alpha value is -3.03. The molecule has 0 radical (unpaired) electrons. The normalized spacial score (nSPS) is 27.7. The highest BCUT2D eigenvalue weighted by atomic mass is 19.4. The Balaban J connectivity index is 1.33. The van der Waals surface area contributed by atoms with E-state index in [0.29, 0.717) is 18.4 Å². The van der Waals surface area contributed by atoms with Crippen molar-refractivity contribution >= 4 is 12.0 Å². The van der Waals surface area contributed by atoms with Gasteiger partial charge in [-0.1, -0.05) is 42.5 Å². The van der Waals surface area contributed by atoms with Gasteiger partial charge in [0, 0.05) is 31.0 Å². The first-order valence-electron chi connectivity index (χ1n) is 13.2. The minimum Gasteiger partial charge on any atom is -0.446 e. The van der Waals surface area contributed by atoms with Crippen molar-refractivity contribution in [2.75, 3.05) is 6.54 Å². The largest absolute Gasteiger partial charge is 0.446 e. The van der Waals surface area contributed by atoms with Crippen molar-refractivity contribution in [1.29, 1.82) is 0 Å². The van der Waals surface area contributed by atoms with Crippen LogP contribution in [-0.2, 0) is 28.7 Å². The van der Waals surface area contributed by atoms with Crippen LogP contribution in [0.4, 0.5) is 18.0 Å². The fourth-order valence-corrected chi connectivity index (χ4v) is 6.98. The monoisotopic (exact) mass is 514 g/mol. The van der Waals surface area contributed by atoms with Crippen LogP contribution in [0.15, 0.2) is 54.6 Å². The van der Waals surface area contributed by atoms with E-state index in [1.165, 1.54) is 11.6 Å². The van der Waals surface area contributed by atoms with Gasteiger partial charge in [0.15, 0.2) is 0 Å². The summed E-state index contributed by atoms with van der Waals surface area (Å²) in [5.41, 5.74) is 0.618. The number of ether oxygens (including phenoxy) is 1. The third-order valence-electron chi connectivity index (χ3n) is 8.55. The fraction of sp³-hybridized carbons (Fsp3) is 0.517. The Morgan fingerprint density at radius 3 is 2.59 bits per heavy atom. The molecule has 5 nitrogen and oxygen atoms in total. The molecule has 0 aromatic heterocycles. The molecule has 3 aliphatic rings. The zero-order valence-electron chi connectivity index (χ0n) is 20.8. The fourth-order valence-electron chi connectivity index (χ4n) is 6.98. The second-order valence-corrected chi connectivity index (χ2v) is 10.6. The molecule has 1 aliphatic carbocycles. The molecule has 2 saturated heterocycles. The second-order valence-electron chi connectivity index (χ2n) is 10.6. The molecular weight excluding hydrogens is 481 g/mol. The smallest absolute Gasteiger partial charge is 0.416 e. The Bertz CT molecular complexity index is 1120. The number of hydrogen-bond acceptors (Lipinski definition) is 3. The summed E-state index contributed by atoms with van der Waals surface area (Å²) in [6.07, 6.45) is 1.15. The Labute approximate surface area is 215 Å². The Morgan fingerprint density at radius 1 is 1.03 bits per heavy atom. The van der Waals surface area contributed by atoms with E-state index in [1.54, 1.807) is 6.07 Å². The number of hydrogen-bond donors (Lipinski definition) is 1. The van der Waals surface area contributed by atoms with Gasteiger partial charge in [-0.2, -0.15) is 13.2 Å². The van der Waals surface area contributed by atoms with E-state index in [2.05, 4.69) is 22.3 Å². The second kappa shape index (κ2) is 10.4. The standard InChI is InChI=1S/C29H33F3N2O3/c30-29(31,32)22-10-4-9-21(17-22)19-33-27(36)37-25-13-15-28-14-6-16-34(28)26(35)12-5-11-24(28)23(25)18-20-7-2-1-3-8-20/h1-4,7-10,17,23-25H,5-6,11-16,18-19H2,(H,33,36)/t23-,24+,25+,28-/m1/s1. The maximum atomic E-state index is 13.0. The van der Waals surface area contributed by atoms with Gasteiger partial charge in [0.05, 0.1) is 5.56 Å². The highest BCUT2D eigenvalue weighted by Crippen LogP contribution is 2.53. The number of nitrogens with zero attached hydrogens (tertiary/aromatic N) is 1. The predicted octanol–water partition coefficient (Wildman–Crippen LogP) is 6.11. The molecule has 37 heavy (non-hydrogen) atoms. The number of nitrogens with one attached hydrogen (secondary N) is 1. The summed E-state index contributed by atoms with van der Waals surface area (Å²) in [6.45, 7) is 0.755. The van der Waals surface area contributed by atoms with Crippen LogP contribution in [0.2, 0.25) is 0 Å². The third-order valence-corrected chi connectivity index (χ3v) is 8.55. The molecule has 0 unspecified atom stereocenters. The van der Waals surface area contributed by atoms with E-state index in [-0.39, 0.29) is 35.9 Å². The summed E-state index contributed by atoms with van der Waals surface area (Å²) >= 11 is 0. The number of alkyl halides is 3. The van der Waals surface area contributed by atoms with Crippen LogP contribution < -0.4 is 5.32 Å². The van der Waals surface area contributed by atoms with Gasteiger partial charge in [0.2, 0.25) is 5.91 Å². The third kappa shape index (κ3) is 5.34. The quantitative estimate of drug-likeness (QED) is 0.524. The molecule has 198 valence electrons. The number of benzene rings is 2. The van der Waals surface area contributed by atoms with Gasteiger partial charge in [-0.05, 0) is 74.1 Å². The molecule has 3 fully saturated rings. The Kier molecular flexibility index (Phi) is 7.19. The lowest BCUT2D eigenvalue weighted by Crippen LogP contribution is -2.58. The number of carbonyl (C=O) groups is 2. The molecule has 2 aliphatic heterocycles. The molecule has 0 bridgehead atoms. The van der Waals surface area contributed by atoms with Crippen LogP contribution >= 0.6 is 0 Å². The molecule has 5 rings (SSSR count). The van der Waals surface area contributed by atoms with Crippen molar-refractivity contribution in [2.45, 2.75) is 75.7 Å². The van der Waals surface area contributed by atoms with Gasteiger partial charge in [-0.25, -0.2) is 4.79 Å². The average Bonchev–Trinajstić information content (AvgIpc) is 3.25. The van der Waals surface area contributed by atoms with Gasteiger partial charge < -0.3 is 15.0 Å². The minimum absolute atomic E-state index is 0.0472. The van der Waals surface area contributed by atoms with Gasteiger partial charge in [-0.15, -0.1) is 0 Å². The zero-order valence-corrected chi connectivity index (χ0v) is 20.8. The topological polar surface area (TPSA) is 58.6 Å². The van der Waals surface area contributed by atoms with Gasteiger partial charge in [0.1, 0.15) is 6.10 Å². The summed E-state index contributed by atoms with van der Waals surface area (Å²) in [5, 5.41) is 2.65. The van der Waals surface area contributed by atoms with E-state index in [9.17, 15) is 22.8 Å². The van der Waals surface area contributed by atoms with Crippen molar-refractivity contribution < 1.29 is 27.5 Å². The summed E-state index contributed by atoms with van der Waals surface area (Å²) in [4.78, 5) is 27.9. The van der Waals surface area contributed by atoms with Crippen molar-refractivity contribution in [3.8, 4) is 0 Å². The highest BCUT2D eigenvalue weighted by Gasteiger charge is 2.56. The van der Waals surface area contributed by atoms with Crippen molar-refractivity contribution in [3.63, 3.8) is 0 Å². The van der Waals surface area contributed by atoms with Crippen LogP contribution in [0.5, 0.6) is 0 Å². The van der Waals surface area contributed by atoms with Crippen molar-refractivity contribution in [3.05, 3.63) is 71.3 Å². The lowest BCUT2D eigenvalue weighted by Gasteiger charge is -2.52. The van der Waals surface area contributed by atoms with E-state index < -0.39 is 17.8 Å². The zero-order chi connectivity index (χ0) is 26.0. The van der Waals surface area contributed by atoms with Gasteiger partial charge in [0.25, 0.3) is 0 Å². The number of amides is 2. The molecule has 2 aromatic rings. The molecule has 4 atom stereocenters. The molecule has 2 aromatic carbocycles. The maximum absolute atomic E-state index is 13.0. The van der Waals surface area contributed by atoms with E-state index in [1.807, 2.05) is 18.2 Å². The van der Waals surface area contributed by atoms with E-state index in [0.717, 1.165) is 57.2 Å². The number of rotatable bonds is 5. The van der Waals surface area contributed by atoms with Crippen molar-refractivity contribution in [1.82, 2.24) is 10.2 Å². The van der Waals surface area contributed by atoms with Crippen LogP contribution in [0, 0.1) is 11.8 Å². The first-order chi connectivity index (χ1) is 17.8. The minimum atomic E-state index is -4.44. The summed E-state index contributed by atoms with van der Waals surface area (Å²) in [7, 11) is 0. The number of halogens is 3. The van der Waals surface area contributed by atoms with Gasteiger partial charge >= 0.3 is 12.3 Å². The predicted molar refractivity (Wildman–Crippen MR) is 132 cm³/mol. The molecule has 8 heteroatoms. The van der Waals surface area contributed by atoms with Crippen LogP contribution in [-0.4, -0.2) is 35.1 Å². The summed E-state index contributed by atoms with van der Waals surface area (Å²) in [6, 6.07) is 15.1. The average molecular weight is 515 g/mol. The SMILES string of the molecule is O=C(NCc1cccc(C(F)(F)F)c1)O[C@H]1CC[C@@]23CCCN2C(=O)CCC[C@H]3[C@H]1Cc1ccccc1. The molecule has 1 spiro atoms. The van der Waals surface area contributed by atoms with E-state index in [4.69, 9.17) is 4.74 Å². The van der Waals surface area contributed by atoms with Crippen LogP contribution in [0.1, 0.15) is 61.6 Å². The number of alkyl carbamates (subject to hydrolysis) is 1. The van der Waals surface area contributed by atoms with Crippen molar-refractivity contribution in [2.24, 2.45) is 11.8 Å². The van der Waals surface area contributed by atoms with E-state index >= 15 is 0 Å². The highest BCUT2D eigenvalue weighted by molar-refractivity contribution is 5.78. The van der Waals surface area contributed by atoms with Crippen LogP contribution in [0.25, 0.3) is 0 Å². The first kappa shape index (κ1) is 25.6. The first-order valence-corrected chi connectivity index (χ1v) is 13.2. The molecule has 1 saturated carbocycles. The van der Waals surface area contributed by atoms with Gasteiger partial charge in [-0.3, -0.25) is 4.79 Å². The number of carbonyl (C=O) groups excluding carboxylic acids is 2. The lowest BCUT2D eigenvalue weighted by atomic mass is 9.62. The summed E-state index contributed by atoms with van der Waals surface area (Å²) < 4.78 is 45.1. The van der Waals surface area contributed by atoms with Crippen LogP contribution in [0.3, 0.4) is 0 Å². The molecular formula is C29H33F3N2O3. The molecule has 2 amide bonds. The summed E-state index contributed by atoms with van der Waals surface area (Å²) in [5.74, 6) is 0.537. The molecule has 1 N–H and O–H groups in total. The maximum Gasteiger partial charge on any atom is 0.416 e. The Morgan fingerprint density at radius 2 is 1.81 bits per heavy atom.